The van der Waals surface area contributed by atoms with Crippen LogP contribution in [0.1, 0.15) is 6.42 Å². The molecule has 4 aromatic rings. The van der Waals surface area contributed by atoms with Crippen LogP contribution in [0.2, 0.25) is 0 Å². The van der Waals surface area contributed by atoms with Crippen LogP contribution in [0.4, 0.5) is 11.6 Å². The zero-order chi connectivity index (χ0) is 19.1. The highest BCUT2D eigenvalue weighted by molar-refractivity contribution is 9.10. The molecule has 1 fully saturated rings. The SMILES string of the molecule is Nc1c(Br)c(N2CCCNCC2)nc2c(-c3cnc4ccccc4c3)cnn12. The van der Waals surface area contributed by atoms with Gasteiger partial charge in [-0.1, -0.05) is 18.2 Å². The lowest BCUT2D eigenvalue weighted by atomic mass is 10.1. The zero-order valence-corrected chi connectivity index (χ0v) is 16.9. The van der Waals surface area contributed by atoms with E-state index in [0.29, 0.717) is 5.82 Å². The number of anilines is 2. The van der Waals surface area contributed by atoms with Gasteiger partial charge in [-0.05, 0) is 41.0 Å². The van der Waals surface area contributed by atoms with Gasteiger partial charge in [0.2, 0.25) is 0 Å². The van der Waals surface area contributed by atoms with Crippen molar-refractivity contribution in [3.05, 3.63) is 47.2 Å². The van der Waals surface area contributed by atoms with E-state index in [9.17, 15) is 0 Å². The maximum Gasteiger partial charge on any atom is 0.167 e. The lowest BCUT2D eigenvalue weighted by Crippen LogP contribution is -2.29. The van der Waals surface area contributed by atoms with Crippen LogP contribution >= 0.6 is 15.9 Å². The topological polar surface area (TPSA) is 84.4 Å². The molecular weight excluding hydrogens is 418 g/mol. The van der Waals surface area contributed by atoms with E-state index < -0.39 is 0 Å². The molecule has 0 spiro atoms. The zero-order valence-electron chi connectivity index (χ0n) is 15.3. The number of nitrogen functional groups attached to an aromatic ring is 1. The molecule has 0 unspecified atom stereocenters. The highest BCUT2D eigenvalue weighted by Gasteiger charge is 2.21. The highest BCUT2D eigenvalue weighted by Crippen LogP contribution is 2.34. The Bertz CT molecular complexity index is 1160. The van der Waals surface area contributed by atoms with Crippen LogP contribution in [0.5, 0.6) is 0 Å². The van der Waals surface area contributed by atoms with E-state index in [1.807, 2.05) is 30.6 Å². The standard InChI is InChI=1S/C20H20BrN7/c21-17-18(22)28-19(26-20(17)27-8-3-6-23-7-9-27)15(12-25-28)14-10-13-4-1-2-5-16(13)24-11-14/h1-2,4-5,10-12,23H,3,6-9,22H2. The van der Waals surface area contributed by atoms with E-state index in [1.165, 1.54) is 0 Å². The van der Waals surface area contributed by atoms with E-state index in [-0.39, 0.29) is 0 Å². The van der Waals surface area contributed by atoms with Crippen LogP contribution < -0.4 is 16.0 Å². The molecule has 1 aliphatic rings. The molecule has 3 aromatic heterocycles. The van der Waals surface area contributed by atoms with Crippen LogP contribution in [0.15, 0.2) is 47.2 Å². The van der Waals surface area contributed by atoms with Crippen molar-refractivity contribution in [3.8, 4) is 11.1 Å². The largest absolute Gasteiger partial charge is 0.383 e. The number of halogens is 1. The summed E-state index contributed by atoms with van der Waals surface area (Å²) in [6.45, 7) is 3.78. The summed E-state index contributed by atoms with van der Waals surface area (Å²) in [7, 11) is 0. The van der Waals surface area contributed by atoms with Gasteiger partial charge in [-0.2, -0.15) is 9.61 Å². The highest BCUT2D eigenvalue weighted by atomic mass is 79.9. The number of benzene rings is 1. The third-order valence-electron chi connectivity index (χ3n) is 5.15. The number of aromatic nitrogens is 4. The smallest absolute Gasteiger partial charge is 0.167 e. The average molecular weight is 438 g/mol. The Hall–Kier alpha value is -2.71. The van der Waals surface area contributed by atoms with Crippen molar-refractivity contribution in [2.24, 2.45) is 0 Å². The van der Waals surface area contributed by atoms with Gasteiger partial charge in [0.25, 0.3) is 0 Å². The van der Waals surface area contributed by atoms with Crippen LogP contribution in [0, 0.1) is 0 Å². The maximum atomic E-state index is 6.40. The van der Waals surface area contributed by atoms with Gasteiger partial charge in [-0.3, -0.25) is 4.98 Å². The molecule has 1 aromatic carbocycles. The molecular formula is C20H20BrN7. The molecule has 0 saturated carbocycles. The van der Waals surface area contributed by atoms with Gasteiger partial charge in [0, 0.05) is 42.3 Å². The number of fused-ring (bicyclic) bond motifs is 2. The van der Waals surface area contributed by atoms with Gasteiger partial charge < -0.3 is 16.0 Å². The summed E-state index contributed by atoms with van der Waals surface area (Å²) < 4.78 is 2.47. The van der Waals surface area contributed by atoms with E-state index in [0.717, 1.165) is 70.6 Å². The average Bonchev–Trinajstić information content (AvgIpc) is 2.96. The summed E-state index contributed by atoms with van der Waals surface area (Å²) in [4.78, 5) is 11.8. The number of para-hydroxylation sites is 1. The third kappa shape index (κ3) is 2.89. The van der Waals surface area contributed by atoms with Crippen LogP contribution in [-0.4, -0.2) is 45.8 Å². The van der Waals surface area contributed by atoms with E-state index >= 15 is 0 Å². The van der Waals surface area contributed by atoms with Crippen molar-refractivity contribution in [2.45, 2.75) is 6.42 Å². The maximum absolute atomic E-state index is 6.40. The Morgan fingerprint density at radius 3 is 2.93 bits per heavy atom. The van der Waals surface area contributed by atoms with Crippen molar-refractivity contribution in [1.29, 1.82) is 0 Å². The van der Waals surface area contributed by atoms with Gasteiger partial charge >= 0.3 is 0 Å². The minimum absolute atomic E-state index is 0.553. The fraction of sp³-hybridized carbons (Fsp3) is 0.250. The van der Waals surface area contributed by atoms with Gasteiger partial charge in [-0.25, -0.2) is 4.98 Å². The summed E-state index contributed by atoms with van der Waals surface area (Å²) in [6.07, 6.45) is 4.75. The normalized spacial score (nSPS) is 15.2. The Kier molecular flexibility index (Phi) is 4.37. The Morgan fingerprint density at radius 2 is 2.00 bits per heavy atom. The van der Waals surface area contributed by atoms with Crippen molar-refractivity contribution < 1.29 is 0 Å². The number of nitrogens with two attached hydrogens (primary N) is 1. The third-order valence-corrected chi connectivity index (χ3v) is 5.91. The molecule has 0 atom stereocenters. The lowest BCUT2D eigenvalue weighted by Gasteiger charge is -2.23. The molecule has 0 amide bonds. The predicted molar refractivity (Wildman–Crippen MR) is 116 cm³/mol. The van der Waals surface area contributed by atoms with Crippen molar-refractivity contribution >= 4 is 44.1 Å². The minimum Gasteiger partial charge on any atom is -0.383 e. The van der Waals surface area contributed by atoms with Crippen LogP contribution in [0.3, 0.4) is 0 Å². The predicted octanol–water partition coefficient (Wildman–Crippen LogP) is 3.09. The van der Waals surface area contributed by atoms with E-state index in [1.54, 1.807) is 4.52 Å². The van der Waals surface area contributed by atoms with Gasteiger partial charge in [-0.15, -0.1) is 0 Å². The second kappa shape index (κ2) is 7.03. The first kappa shape index (κ1) is 17.4. The number of hydrogen-bond donors (Lipinski definition) is 2. The van der Waals surface area contributed by atoms with Crippen molar-refractivity contribution in [3.63, 3.8) is 0 Å². The summed E-state index contributed by atoms with van der Waals surface area (Å²) in [5.74, 6) is 1.42. The quantitative estimate of drug-likeness (QED) is 0.501. The second-order valence-electron chi connectivity index (χ2n) is 6.94. The summed E-state index contributed by atoms with van der Waals surface area (Å²) in [5, 5.41) is 8.99. The molecule has 0 radical (unpaired) electrons. The number of pyridine rings is 1. The Balaban J connectivity index is 1.67. The molecule has 0 aliphatic carbocycles. The lowest BCUT2D eigenvalue weighted by molar-refractivity contribution is 0.724. The van der Waals surface area contributed by atoms with Crippen LogP contribution in [0.25, 0.3) is 27.7 Å². The number of nitrogens with one attached hydrogen (secondary N) is 1. The second-order valence-corrected chi connectivity index (χ2v) is 7.73. The Morgan fingerprint density at radius 1 is 1.11 bits per heavy atom. The summed E-state index contributed by atoms with van der Waals surface area (Å²) in [5.41, 5.74) is 10.0. The molecule has 4 heterocycles. The molecule has 1 saturated heterocycles. The van der Waals surface area contributed by atoms with Gasteiger partial charge in [0.05, 0.1) is 11.7 Å². The van der Waals surface area contributed by atoms with E-state index in [2.05, 4.69) is 48.4 Å². The first-order valence-electron chi connectivity index (χ1n) is 9.36. The number of hydrogen-bond acceptors (Lipinski definition) is 6. The van der Waals surface area contributed by atoms with Gasteiger partial charge in [0.1, 0.15) is 16.1 Å². The van der Waals surface area contributed by atoms with Crippen molar-refractivity contribution in [1.82, 2.24) is 24.9 Å². The first-order chi connectivity index (χ1) is 13.7. The molecule has 0 bridgehead atoms. The first-order valence-corrected chi connectivity index (χ1v) is 10.2. The fourth-order valence-corrected chi connectivity index (χ4v) is 4.18. The molecule has 3 N–H and O–H groups in total. The van der Waals surface area contributed by atoms with Crippen LogP contribution in [-0.2, 0) is 0 Å². The molecule has 8 heteroatoms. The molecule has 1 aliphatic heterocycles. The number of rotatable bonds is 2. The summed E-state index contributed by atoms with van der Waals surface area (Å²) >= 11 is 3.64. The minimum atomic E-state index is 0.553. The molecule has 28 heavy (non-hydrogen) atoms. The molecule has 5 rings (SSSR count). The van der Waals surface area contributed by atoms with Gasteiger partial charge in [0.15, 0.2) is 5.65 Å². The molecule has 7 nitrogen and oxygen atoms in total. The Labute approximate surface area is 170 Å². The number of nitrogens with zero attached hydrogens (tertiary/aromatic N) is 5. The fourth-order valence-electron chi connectivity index (χ4n) is 3.67. The monoisotopic (exact) mass is 437 g/mol. The summed E-state index contributed by atoms with van der Waals surface area (Å²) in [6, 6.07) is 10.2. The van der Waals surface area contributed by atoms with Crippen molar-refractivity contribution in [2.75, 3.05) is 36.8 Å². The van der Waals surface area contributed by atoms with E-state index in [4.69, 9.17) is 10.7 Å². The molecule has 142 valence electrons.